The van der Waals surface area contributed by atoms with Crippen LogP contribution in [0.2, 0.25) is 0 Å². The number of carbonyl (C=O) groups is 2. The second kappa shape index (κ2) is 4.44. The van der Waals surface area contributed by atoms with Crippen molar-refractivity contribution >= 4 is 11.9 Å². The summed E-state index contributed by atoms with van der Waals surface area (Å²) < 4.78 is 4.51. The van der Waals surface area contributed by atoms with E-state index in [-0.39, 0.29) is 5.78 Å². The lowest BCUT2D eigenvalue weighted by molar-refractivity contribution is -0.128. The molecule has 0 spiro atoms. The van der Waals surface area contributed by atoms with Crippen molar-refractivity contribution in [3.63, 3.8) is 0 Å². The summed E-state index contributed by atoms with van der Waals surface area (Å²) in [5.41, 5.74) is -0.608. The summed E-state index contributed by atoms with van der Waals surface area (Å²) in [7, 11) is 1.31. The van der Waals surface area contributed by atoms with Crippen LogP contribution in [0.15, 0.2) is 0 Å². The molecule has 0 aromatic carbocycles. The van der Waals surface area contributed by atoms with Gasteiger partial charge in [0.05, 0.1) is 7.11 Å². The van der Waals surface area contributed by atoms with Crippen LogP contribution in [-0.4, -0.2) is 24.5 Å². The lowest BCUT2D eigenvalue weighted by Gasteiger charge is -2.40. The first-order valence-electron chi connectivity index (χ1n) is 5.04. The highest BCUT2D eigenvalue weighted by Gasteiger charge is 2.44. The summed E-state index contributed by atoms with van der Waals surface area (Å²) >= 11 is 0. The van der Waals surface area contributed by atoms with Crippen molar-refractivity contribution in [3.8, 4) is 0 Å². The number of alkyl carbamates (subject to hydrolysis) is 1. The minimum Gasteiger partial charge on any atom is -0.453 e. The minimum absolute atomic E-state index is 0.136. The van der Waals surface area contributed by atoms with Crippen molar-refractivity contribution in [2.45, 2.75) is 44.6 Å². The number of rotatable bonds is 4. The van der Waals surface area contributed by atoms with Crippen molar-refractivity contribution in [1.29, 1.82) is 0 Å². The van der Waals surface area contributed by atoms with Crippen LogP contribution >= 0.6 is 0 Å². The van der Waals surface area contributed by atoms with Gasteiger partial charge < -0.3 is 10.1 Å². The van der Waals surface area contributed by atoms with Gasteiger partial charge in [-0.15, -0.1) is 0 Å². The number of methoxy groups -OCH3 is 1. The number of Topliss-reactive ketones (excluding diaryl/α,β-unsaturated/α-hetero) is 1. The SMILES string of the molecule is CCCC(=O)C1(NC(=O)OC)CCC1. The van der Waals surface area contributed by atoms with Gasteiger partial charge in [-0.1, -0.05) is 6.92 Å². The zero-order chi connectivity index (χ0) is 10.6. The van der Waals surface area contributed by atoms with E-state index in [4.69, 9.17) is 0 Å². The molecule has 80 valence electrons. The van der Waals surface area contributed by atoms with Crippen LogP contribution in [0.5, 0.6) is 0 Å². The van der Waals surface area contributed by atoms with Gasteiger partial charge in [0.15, 0.2) is 5.78 Å². The Balaban J connectivity index is 2.57. The van der Waals surface area contributed by atoms with Crippen molar-refractivity contribution in [2.24, 2.45) is 0 Å². The predicted octanol–water partition coefficient (Wildman–Crippen LogP) is 1.63. The lowest BCUT2D eigenvalue weighted by atomic mass is 9.72. The highest BCUT2D eigenvalue weighted by molar-refractivity contribution is 5.92. The number of ether oxygens (including phenoxy) is 1. The zero-order valence-corrected chi connectivity index (χ0v) is 8.76. The van der Waals surface area contributed by atoms with Crippen LogP contribution < -0.4 is 5.32 Å². The van der Waals surface area contributed by atoms with E-state index >= 15 is 0 Å². The quantitative estimate of drug-likeness (QED) is 0.748. The van der Waals surface area contributed by atoms with Gasteiger partial charge in [-0.3, -0.25) is 4.79 Å². The Labute approximate surface area is 84.0 Å². The fourth-order valence-electron chi connectivity index (χ4n) is 1.72. The standard InChI is InChI=1S/C10H17NO3/c1-3-5-8(12)10(6-4-7-10)11-9(13)14-2/h3-7H2,1-2H3,(H,11,13). The molecule has 1 N–H and O–H groups in total. The van der Waals surface area contributed by atoms with E-state index in [9.17, 15) is 9.59 Å². The normalized spacial score (nSPS) is 18.1. The van der Waals surface area contributed by atoms with E-state index in [1.807, 2.05) is 6.92 Å². The third-order valence-corrected chi connectivity index (χ3v) is 2.74. The van der Waals surface area contributed by atoms with Crippen LogP contribution in [0.1, 0.15) is 39.0 Å². The molecule has 0 aromatic heterocycles. The van der Waals surface area contributed by atoms with Crippen LogP contribution in [0.3, 0.4) is 0 Å². The summed E-state index contributed by atoms with van der Waals surface area (Å²) in [5.74, 6) is 0.136. The van der Waals surface area contributed by atoms with Crippen LogP contribution in [-0.2, 0) is 9.53 Å². The van der Waals surface area contributed by atoms with E-state index in [2.05, 4.69) is 10.1 Å². The van der Waals surface area contributed by atoms with E-state index in [1.54, 1.807) is 0 Å². The monoisotopic (exact) mass is 199 g/mol. The Hall–Kier alpha value is -1.06. The Bertz CT molecular complexity index is 234. The van der Waals surface area contributed by atoms with E-state index in [0.717, 1.165) is 25.7 Å². The third kappa shape index (κ3) is 2.05. The number of hydrogen-bond acceptors (Lipinski definition) is 3. The molecule has 1 rings (SSSR count). The van der Waals surface area contributed by atoms with Crippen LogP contribution in [0.4, 0.5) is 4.79 Å². The number of nitrogens with one attached hydrogen (secondary N) is 1. The van der Waals surface area contributed by atoms with Crippen LogP contribution in [0.25, 0.3) is 0 Å². The lowest BCUT2D eigenvalue weighted by Crippen LogP contribution is -2.59. The average Bonchev–Trinajstić information content (AvgIpc) is 2.11. The maximum atomic E-state index is 11.7. The molecule has 14 heavy (non-hydrogen) atoms. The fraction of sp³-hybridized carbons (Fsp3) is 0.800. The Morgan fingerprint density at radius 3 is 2.43 bits per heavy atom. The maximum absolute atomic E-state index is 11.7. The first-order valence-corrected chi connectivity index (χ1v) is 5.04. The molecule has 0 unspecified atom stereocenters. The third-order valence-electron chi connectivity index (χ3n) is 2.74. The molecule has 0 bridgehead atoms. The van der Waals surface area contributed by atoms with Gasteiger partial charge in [0.1, 0.15) is 5.54 Å². The molecule has 0 saturated heterocycles. The molecule has 0 radical (unpaired) electrons. The highest BCUT2D eigenvalue weighted by atomic mass is 16.5. The van der Waals surface area contributed by atoms with Gasteiger partial charge in [0, 0.05) is 6.42 Å². The smallest absolute Gasteiger partial charge is 0.407 e. The first-order chi connectivity index (χ1) is 6.64. The van der Waals surface area contributed by atoms with Crippen LogP contribution in [0, 0.1) is 0 Å². The second-order valence-corrected chi connectivity index (χ2v) is 3.73. The average molecular weight is 199 g/mol. The number of ketones is 1. The predicted molar refractivity (Wildman–Crippen MR) is 52.0 cm³/mol. The fourth-order valence-corrected chi connectivity index (χ4v) is 1.72. The molecule has 1 aliphatic rings. The molecule has 1 fully saturated rings. The van der Waals surface area contributed by atoms with Crippen molar-refractivity contribution < 1.29 is 14.3 Å². The summed E-state index contributed by atoms with van der Waals surface area (Å²) in [6, 6.07) is 0. The Morgan fingerprint density at radius 1 is 1.43 bits per heavy atom. The summed E-state index contributed by atoms with van der Waals surface area (Å²) in [6.07, 6.45) is 3.35. The second-order valence-electron chi connectivity index (χ2n) is 3.73. The number of hydrogen-bond donors (Lipinski definition) is 1. The van der Waals surface area contributed by atoms with Crippen molar-refractivity contribution in [2.75, 3.05) is 7.11 Å². The molecule has 1 amide bonds. The van der Waals surface area contributed by atoms with E-state index in [0.29, 0.717) is 6.42 Å². The molecule has 1 saturated carbocycles. The summed E-state index contributed by atoms with van der Waals surface area (Å²) in [4.78, 5) is 22.8. The van der Waals surface area contributed by atoms with Gasteiger partial charge in [0.2, 0.25) is 0 Å². The molecule has 4 nitrogen and oxygen atoms in total. The molecule has 0 heterocycles. The summed E-state index contributed by atoms with van der Waals surface area (Å²) in [5, 5.41) is 2.65. The minimum atomic E-state index is -0.608. The number of carbonyl (C=O) groups excluding carboxylic acids is 2. The first kappa shape index (κ1) is 11.0. The molecule has 0 aromatic rings. The van der Waals surface area contributed by atoms with Gasteiger partial charge in [-0.05, 0) is 25.7 Å². The molecular weight excluding hydrogens is 182 g/mol. The topological polar surface area (TPSA) is 55.4 Å². The van der Waals surface area contributed by atoms with Gasteiger partial charge in [0.25, 0.3) is 0 Å². The Morgan fingerprint density at radius 2 is 2.07 bits per heavy atom. The molecular formula is C10H17NO3. The van der Waals surface area contributed by atoms with Gasteiger partial charge >= 0.3 is 6.09 Å². The molecule has 0 aliphatic heterocycles. The van der Waals surface area contributed by atoms with E-state index in [1.165, 1.54) is 7.11 Å². The van der Waals surface area contributed by atoms with Gasteiger partial charge in [-0.2, -0.15) is 0 Å². The van der Waals surface area contributed by atoms with Crippen molar-refractivity contribution in [1.82, 2.24) is 5.32 Å². The molecule has 1 aliphatic carbocycles. The maximum Gasteiger partial charge on any atom is 0.407 e. The molecule has 0 atom stereocenters. The van der Waals surface area contributed by atoms with E-state index < -0.39 is 11.6 Å². The molecule has 4 heteroatoms. The van der Waals surface area contributed by atoms with Crippen molar-refractivity contribution in [3.05, 3.63) is 0 Å². The van der Waals surface area contributed by atoms with Gasteiger partial charge in [-0.25, -0.2) is 4.79 Å². The summed E-state index contributed by atoms with van der Waals surface area (Å²) in [6.45, 7) is 1.96. The zero-order valence-electron chi connectivity index (χ0n) is 8.76. The number of amides is 1. The highest BCUT2D eigenvalue weighted by Crippen LogP contribution is 2.34. The Kier molecular flexibility index (Phi) is 3.49. The largest absolute Gasteiger partial charge is 0.453 e.